The van der Waals surface area contributed by atoms with E-state index in [1.165, 1.54) is 4.90 Å². The predicted octanol–water partition coefficient (Wildman–Crippen LogP) is 0.889. The molecule has 14 heavy (non-hydrogen) atoms. The average Bonchev–Trinajstić information content (AvgIpc) is 2.67. The van der Waals surface area contributed by atoms with Crippen LogP contribution in [0.15, 0.2) is 16.5 Å². The SMILES string of the molecule is Cc1ccc(CN2CCC(=O)C2=O)o1. The first-order valence-electron chi connectivity index (χ1n) is 4.54. The summed E-state index contributed by atoms with van der Waals surface area (Å²) in [4.78, 5) is 23.7. The number of Topliss-reactive ketones (excluding diaryl/α,β-unsaturated/α-hetero) is 1. The first-order chi connectivity index (χ1) is 6.66. The maximum absolute atomic E-state index is 11.3. The molecule has 1 aliphatic rings. The molecule has 1 aromatic rings. The van der Waals surface area contributed by atoms with E-state index in [1.807, 2.05) is 19.1 Å². The highest BCUT2D eigenvalue weighted by molar-refractivity contribution is 6.37. The molecule has 2 heterocycles. The average molecular weight is 193 g/mol. The fourth-order valence-electron chi connectivity index (χ4n) is 1.53. The Morgan fingerprint density at radius 2 is 2.21 bits per heavy atom. The summed E-state index contributed by atoms with van der Waals surface area (Å²) in [6.07, 6.45) is 0.332. The minimum absolute atomic E-state index is 0.298. The highest BCUT2D eigenvalue weighted by Gasteiger charge is 2.29. The van der Waals surface area contributed by atoms with E-state index >= 15 is 0 Å². The van der Waals surface area contributed by atoms with Crippen LogP contribution >= 0.6 is 0 Å². The van der Waals surface area contributed by atoms with E-state index < -0.39 is 0 Å². The van der Waals surface area contributed by atoms with Crippen LogP contribution in [0.25, 0.3) is 0 Å². The molecule has 0 N–H and O–H groups in total. The molecule has 74 valence electrons. The molecule has 0 unspecified atom stereocenters. The lowest BCUT2D eigenvalue weighted by Gasteiger charge is -2.11. The van der Waals surface area contributed by atoms with Crippen molar-refractivity contribution in [3.63, 3.8) is 0 Å². The van der Waals surface area contributed by atoms with Crippen molar-refractivity contribution in [3.05, 3.63) is 23.7 Å². The third-order valence-corrected chi connectivity index (χ3v) is 2.28. The molecule has 0 saturated carbocycles. The number of rotatable bonds is 2. The van der Waals surface area contributed by atoms with Gasteiger partial charge in [-0.2, -0.15) is 0 Å². The highest BCUT2D eigenvalue weighted by Crippen LogP contribution is 2.13. The van der Waals surface area contributed by atoms with Crippen LogP contribution in [0.2, 0.25) is 0 Å². The van der Waals surface area contributed by atoms with Gasteiger partial charge in [0.05, 0.1) is 6.54 Å². The topological polar surface area (TPSA) is 50.5 Å². The molecular formula is C10H11NO3. The minimum atomic E-state index is -0.390. The van der Waals surface area contributed by atoms with Gasteiger partial charge in [0.2, 0.25) is 5.78 Å². The van der Waals surface area contributed by atoms with E-state index in [0.717, 1.165) is 11.5 Å². The molecule has 1 aliphatic heterocycles. The summed E-state index contributed by atoms with van der Waals surface area (Å²) in [6, 6.07) is 3.67. The number of ketones is 1. The number of furan rings is 1. The van der Waals surface area contributed by atoms with Gasteiger partial charge < -0.3 is 9.32 Å². The number of carbonyl (C=O) groups excluding carboxylic acids is 2. The predicted molar refractivity (Wildman–Crippen MR) is 48.5 cm³/mol. The number of hydrogen-bond acceptors (Lipinski definition) is 3. The van der Waals surface area contributed by atoms with Crippen LogP contribution in [0.4, 0.5) is 0 Å². The fourth-order valence-corrected chi connectivity index (χ4v) is 1.53. The molecule has 1 fully saturated rings. The van der Waals surface area contributed by atoms with Gasteiger partial charge in [-0.1, -0.05) is 0 Å². The Bertz CT molecular complexity index is 380. The lowest BCUT2D eigenvalue weighted by atomic mass is 10.3. The number of amides is 1. The monoisotopic (exact) mass is 193 g/mol. The van der Waals surface area contributed by atoms with Crippen LogP contribution in [-0.4, -0.2) is 23.1 Å². The molecule has 0 atom stereocenters. The highest BCUT2D eigenvalue weighted by atomic mass is 16.3. The van der Waals surface area contributed by atoms with Gasteiger partial charge in [0.1, 0.15) is 11.5 Å². The van der Waals surface area contributed by atoms with Crippen LogP contribution < -0.4 is 0 Å². The molecule has 1 saturated heterocycles. The van der Waals surface area contributed by atoms with Gasteiger partial charge in [0.15, 0.2) is 0 Å². The molecule has 2 rings (SSSR count). The third kappa shape index (κ3) is 1.55. The number of nitrogens with zero attached hydrogens (tertiary/aromatic N) is 1. The molecule has 0 bridgehead atoms. The molecule has 4 heteroatoms. The van der Waals surface area contributed by atoms with E-state index in [-0.39, 0.29) is 11.7 Å². The second-order valence-corrected chi connectivity index (χ2v) is 3.41. The number of carbonyl (C=O) groups is 2. The maximum atomic E-state index is 11.3. The van der Waals surface area contributed by atoms with Crippen molar-refractivity contribution in [2.45, 2.75) is 19.9 Å². The molecule has 1 aromatic heterocycles. The summed E-state index contributed by atoms with van der Waals surface area (Å²) in [5.41, 5.74) is 0. The van der Waals surface area contributed by atoms with Crippen molar-refractivity contribution in [1.82, 2.24) is 4.90 Å². The normalized spacial score (nSPS) is 16.8. The smallest absolute Gasteiger partial charge is 0.290 e. The van der Waals surface area contributed by atoms with Gasteiger partial charge in [-0.15, -0.1) is 0 Å². The van der Waals surface area contributed by atoms with Crippen molar-refractivity contribution < 1.29 is 14.0 Å². The quantitative estimate of drug-likeness (QED) is 0.655. The number of aryl methyl sites for hydroxylation is 1. The van der Waals surface area contributed by atoms with Crippen LogP contribution in [-0.2, 0) is 16.1 Å². The van der Waals surface area contributed by atoms with E-state index in [0.29, 0.717) is 19.5 Å². The zero-order valence-corrected chi connectivity index (χ0v) is 7.95. The van der Waals surface area contributed by atoms with Gasteiger partial charge >= 0.3 is 0 Å². The first kappa shape index (κ1) is 8.99. The molecule has 4 nitrogen and oxygen atoms in total. The Morgan fingerprint density at radius 3 is 2.71 bits per heavy atom. The summed E-state index contributed by atoms with van der Waals surface area (Å²) < 4.78 is 5.32. The summed E-state index contributed by atoms with van der Waals surface area (Å²) in [7, 11) is 0. The maximum Gasteiger partial charge on any atom is 0.290 e. The number of hydrogen-bond donors (Lipinski definition) is 0. The molecular weight excluding hydrogens is 182 g/mol. The Balaban J connectivity index is 2.05. The van der Waals surface area contributed by atoms with Crippen molar-refractivity contribution >= 4 is 11.7 Å². The zero-order chi connectivity index (χ0) is 10.1. The van der Waals surface area contributed by atoms with Crippen LogP contribution in [0.1, 0.15) is 17.9 Å². The molecule has 0 spiro atoms. The fraction of sp³-hybridized carbons (Fsp3) is 0.400. The van der Waals surface area contributed by atoms with E-state index in [9.17, 15) is 9.59 Å². The lowest BCUT2D eigenvalue weighted by Crippen LogP contribution is -2.26. The Morgan fingerprint density at radius 1 is 1.43 bits per heavy atom. The van der Waals surface area contributed by atoms with Gasteiger partial charge in [-0.3, -0.25) is 9.59 Å². The Hall–Kier alpha value is -1.58. The van der Waals surface area contributed by atoms with Crippen molar-refractivity contribution in [2.75, 3.05) is 6.54 Å². The van der Waals surface area contributed by atoms with E-state index in [1.54, 1.807) is 0 Å². The third-order valence-electron chi connectivity index (χ3n) is 2.28. The second-order valence-electron chi connectivity index (χ2n) is 3.41. The second kappa shape index (κ2) is 3.29. The summed E-state index contributed by atoms with van der Waals surface area (Å²) >= 11 is 0. The zero-order valence-electron chi connectivity index (χ0n) is 7.95. The Kier molecular flexibility index (Phi) is 2.11. The summed E-state index contributed by atoms with van der Waals surface area (Å²) in [5.74, 6) is 0.857. The minimum Gasteiger partial charge on any atom is -0.464 e. The Labute approximate surface area is 81.5 Å². The van der Waals surface area contributed by atoms with Gasteiger partial charge in [-0.25, -0.2) is 0 Å². The van der Waals surface area contributed by atoms with Crippen LogP contribution in [0.3, 0.4) is 0 Å². The molecule has 0 radical (unpaired) electrons. The first-order valence-corrected chi connectivity index (χ1v) is 4.54. The summed E-state index contributed by atoms with van der Waals surface area (Å²) in [6.45, 7) is 2.76. The molecule has 0 aliphatic carbocycles. The van der Waals surface area contributed by atoms with E-state index in [4.69, 9.17) is 4.42 Å². The molecule has 0 aromatic carbocycles. The lowest BCUT2D eigenvalue weighted by molar-refractivity contribution is -0.140. The van der Waals surface area contributed by atoms with Gasteiger partial charge in [0, 0.05) is 13.0 Å². The summed E-state index contributed by atoms with van der Waals surface area (Å²) in [5, 5.41) is 0. The van der Waals surface area contributed by atoms with Gasteiger partial charge in [-0.05, 0) is 19.1 Å². The van der Waals surface area contributed by atoms with Crippen LogP contribution in [0, 0.1) is 6.92 Å². The molecule has 1 amide bonds. The largest absolute Gasteiger partial charge is 0.464 e. The van der Waals surface area contributed by atoms with Crippen molar-refractivity contribution in [1.29, 1.82) is 0 Å². The van der Waals surface area contributed by atoms with Gasteiger partial charge in [0.25, 0.3) is 5.91 Å². The van der Waals surface area contributed by atoms with Crippen LogP contribution in [0.5, 0.6) is 0 Å². The standard InChI is InChI=1S/C10H11NO3/c1-7-2-3-8(14-7)6-11-5-4-9(12)10(11)13/h2-3H,4-6H2,1H3. The van der Waals surface area contributed by atoms with Crippen molar-refractivity contribution in [2.24, 2.45) is 0 Å². The van der Waals surface area contributed by atoms with Crippen molar-refractivity contribution in [3.8, 4) is 0 Å². The number of likely N-dealkylation sites (tertiary alicyclic amines) is 1. The van der Waals surface area contributed by atoms with E-state index in [2.05, 4.69) is 0 Å².